The van der Waals surface area contributed by atoms with Gasteiger partial charge in [0.25, 0.3) is 0 Å². The summed E-state index contributed by atoms with van der Waals surface area (Å²) in [6.07, 6.45) is 0.656. The lowest BCUT2D eigenvalue weighted by Gasteiger charge is -2.23. The van der Waals surface area contributed by atoms with Gasteiger partial charge in [0.1, 0.15) is 19.8 Å². The third-order valence-corrected chi connectivity index (χ3v) is 5.60. The van der Waals surface area contributed by atoms with Crippen LogP contribution >= 0.6 is 11.6 Å². The van der Waals surface area contributed by atoms with Crippen LogP contribution in [0.5, 0.6) is 0 Å². The lowest BCUT2D eigenvalue weighted by molar-refractivity contribution is -0.164. The summed E-state index contributed by atoms with van der Waals surface area (Å²) in [6.45, 7) is 0.103. The number of carbonyl (C=O) groups excluding carboxylic acids is 4. The molecule has 2 amide bonds. The van der Waals surface area contributed by atoms with Crippen molar-refractivity contribution in [3.8, 4) is 0 Å². The van der Waals surface area contributed by atoms with E-state index >= 15 is 0 Å². The van der Waals surface area contributed by atoms with Gasteiger partial charge in [0.2, 0.25) is 5.91 Å². The summed E-state index contributed by atoms with van der Waals surface area (Å²) in [5.74, 6) is -4.46. The van der Waals surface area contributed by atoms with E-state index in [1.54, 1.807) is 48.5 Å². The minimum atomic E-state index is -1.38. The van der Waals surface area contributed by atoms with Crippen LogP contribution in [0.4, 0.5) is 4.79 Å². The van der Waals surface area contributed by atoms with Crippen LogP contribution in [0.15, 0.2) is 72.3 Å². The Labute approximate surface area is 208 Å². The molecule has 9 heteroatoms. The third kappa shape index (κ3) is 7.68. The van der Waals surface area contributed by atoms with Gasteiger partial charge in [0, 0.05) is 11.5 Å². The van der Waals surface area contributed by atoms with Crippen molar-refractivity contribution < 1.29 is 33.4 Å². The average Bonchev–Trinajstić information content (AvgIpc) is 3.32. The quantitative estimate of drug-likeness (QED) is 0.259. The second-order valence-electron chi connectivity index (χ2n) is 7.87. The Bertz CT molecular complexity index is 987. The van der Waals surface area contributed by atoms with E-state index in [0.29, 0.717) is 0 Å². The van der Waals surface area contributed by atoms with Crippen molar-refractivity contribution in [3.05, 3.63) is 83.4 Å². The number of ether oxygens (including phenoxy) is 3. The fourth-order valence-electron chi connectivity index (χ4n) is 3.56. The van der Waals surface area contributed by atoms with Crippen molar-refractivity contribution in [2.75, 3.05) is 13.2 Å². The minimum absolute atomic E-state index is 0.0409. The van der Waals surface area contributed by atoms with Gasteiger partial charge in [-0.05, 0) is 24.0 Å². The number of hydrogen-bond acceptors (Lipinski definition) is 7. The van der Waals surface area contributed by atoms with E-state index in [0.717, 1.165) is 16.0 Å². The zero-order chi connectivity index (χ0) is 25.0. The van der Waals surface area contributed by atoms with Crippen LogP contribution in [-0.2, 0) is 41.8 Å². The second-order valence-corrected chi connectivity index (χ2v) is 8.13. The Kier molecular flexibility index (Phi) is 9.86. The number of nitrogens with zero attached hydrogens (tertiary/aromatic N) is 1. The van der Waals surface area contributed by atoms with Crippen molar-refractivity contribution in [2.45, 2.75) is 26.1 Å². The van der Waals surface area contributed by atoms with Crippen molar-refractivity contribution in [2.24, 2.45) is 11.8 Å². The number of halogens is 1. The summed E-state index contributed by atoms with van der Waals surface area (Å²) in [5.41, 5.74) is 2.73. The first-order chi connectivity index (χ1) is 17.0. The van der Waals surface area contributed by atoms with E-state index in [1.165, 1.54) is 11.6 Å². The molecule has 0 aliphatic carbocycles. The molecule has 1 aliphatic rings. The summed E-state index contributed by atoms with van der Waals surface area (Å²) < 4.78 is 15.6. The largest absolute Gasteiger partial charge is 0.460 e. The number of imide groups is 1. The highest BCUT2D eigenvalue weighted by atomic mass is 35.5. The molecule has 8 nitrogen and oxygen atoms in total. The molecule has 1 fully saturated rings. The van der Waals surface area contributed by atoms with Gasteiger partial charge in [0.05, 0.1) is 6.54 Å². The Morgan fingerprint density at radius 1 is 0.943 bits per heavy atom. The number of hydrogen-bond donors (Lipinski definition) is 0. The molecule has 0 aromatic heterocycles. The van der Waals surface area contributed by atoms with Crippen molar-refractivity contribution in [1.29, 1.82) is 0 Å². The molecule has 0 radical (unpaired) electrons. The van der Waals surface area contributed by atoms with E-state index in [1.807, 2.05) is 12.1 Å². The van der Waals surface area contributed by atoms with Gasteiger partial charge in [-0.2, -0.15) is 0 Å². The number of allylic oxidation sites excluding steroid dienone is 1. The van der Waals surface area contributed by atoms with Crippen LogP contribution in [0.1, 0.15) is 24.0 Å². The molecular formula is C26H26ClNO7. The maximum Gasteiger partial charge on any atom is 0.416 e. The van der Waals surface area contributed by atoms with Crippen LogP contribution < -0.4 is 0 Å². The summed E-state index contributed by atoms with van der Waals surface area (Å²) in [5, 5.41) is 0. The van der Waals surface area contributed by atoms with Crippen LogP contribution in [0.2, 0.25) is 0 Å². The molecule has 1 heterocycles. The number of esters is 2. The Morgan fingerprint density at radius 2 is 1.49 bits per heavy atom. The molecule has 1 aliphatic heterocycles. The van der Waals surface area contributed by atoms with E-state index in [-0.39, 0.29) is 39.2 Å². The number of rotatable bonds is 11. The van der Waals surface area contributed by atoms with Gasteiger partial charge in [-0.1, -0.05) is 78.3 Å². The van der Waals surface area contributed by atoms with E-state index < -0.39 is 35.8 Å². The third-order valence-electron chi connectivity index (χ3n) is 5.42. The number of amides is 2. The number of benzene rings is 2. The Balaban J connectivity index is 1.76. The molecule has 184 valence electrons. The summed E-state index contributed by atoms with van der Waals surface area (Å²) in [6, 6.07) is 18.0. The topological polar surface area (TPSA) is 99.2 Å². The highest BCUT2D eigenvalue weighted by molar-refractivity contribution is 6.25. The van der Waals surface area contributed by atoms with Crippen LogP contribution in [0.25, 0.3) is 0 Å². The van der Waals surface area contributed by atoms with Gasteiger partial charge in [-0.25, -0.2) is 9.69 Å². The Hall–Kier alpha value is -3.65. The number of carbonyl (C=O) groups is 4. The van der Waals surface area contributed by atoms with Gasteiger partial charge in [0.15, 0.2) is 5.92 Å². The highest BCUT2D eigenvalue weighted by Crippen LogP contribution is 2.24. The van der Waals surface area contributed by atoms with Crippen molar-refractivity contribution >= 4 is 35.5 Å². The molecular weight excluding hydrogens is 474 g/mol. The molecule has 2 aromatic carbocycles. The molecule has 0 unspecified atom stereocenters. The molecule has 0 saturated carbocycles. The zero-order valence-electron chi connectivity index (χ0n) is 19.0. The lowest BCUT2D eigenvalue weighted by atomic mass is 9.90. The molecule has 2 aromatic rings. The van der Waals surface area contributed by atoms with Gasteiger partial charge >= 0.3 is 18.0 Å². The van der Waals surface area contributed by atoms with E-state index in [4.69, 9.17) is 25.8 Å². The predicted octanol–water partition coefficient (Wildman–Crippen LogP) is 4.22. The monoisotopic (exact) mass is 499 g/mol. The number of cyclic esters (lactones) is 1. The van der Waals surface area contributed by atoms with Crippen LogP contribution in [-0.4, -0.2) is 42.0 Å². The molecule has 1 saturated heterocycles. The first-order valence-corrected chi connectivity index (χ1v) is 11.6. The fourth-order valence-corrected chi connectivity index (χ4v) is 3.66. The first-order valence-electron chi connectivity index (χ1n) is 11.1. The molecule has 0 N–H and O–H groups in total. The van der Waals surface area contributed by atoms with Gasteiger partial charge in [-0.15, -0.1) is 0 Å². The summed E-state index contributed by atoms with van der Waals surface area (Å²) in [7, 11) is 0. The summed E-state index contributed by atoms with van der Waals surface area (Å²) >= 11 is 5.66. The van der Waals surface area contributed by atoms with Gasteiger partial charge in [-0.3, -0.25) is 14.4 Å². The van der Waals surface area contributed by atoms with Crippen molar-refractivity contribution in [1.82, 2.24) is 4.90 Å². The minimum Gasteiger partial charge on any atom is -0.460 e. The standard InChI is InChI=1S/C26H26ClNO7/c27-13-7-12-21(23(29)28-14-15-33-26(28)32)16-22(24(30)34-17-19-8-3-1-4-9-19)25(31)35-18-20-10-5-2-6-11-20/h1-11,13,21-22H,12,14-18H2/b13-7-/t21-/m1/s1. The zero-order valence-corrected chi connectivity index (χ0v) is 19.8. The predicted molar refractivity (Wildman–Crippen MR) is 127 cm³/mol. The molecule has 35 heavy (non-hydrogen) atoms. The molecule has 1 atom stereocenters. The van der Waals surface area contributed by atoms with E-state index in [2.05, 4.69) is 0 Å². The lowest BCUT2D eigenvalue weighted by Crippen LogP contribution is -2.39. The average molecular weight is 500 g/mol. The molecule has 0 spiro atoms. The van der Waals surface area contributed by atoms with Gasteiger partial charge < -0.3 is 14.2 Å². The van der Waals surface area contributed by atoms with Crippen LogP contribution in [0, 0.1) is 11.8 Å². The maximum atomic E-state index is 13.0. The Morgan fingerprint density at radius 3 is 1.94 bits per heavy atom. The molecule has 0 bridgehead atoms. The van der Waals surface area contributed by atoms with Crippen molar-refractivity contribution in [3.63, 3.8) is 0 Å². The highest BCUT2D eigenvalue weighted by Gasteiger charge is 2.39. The summed E-state index contributed by atoms with van der Waals surface area (Å²) in [4.78, 5) is 51.9. The smallest absolute Gasteiger partial charge is 0.416 e. The second kappa shape index (κ2) is 13.3. The first kappa shape index (κ1) is 26.0. The fraction of sp³-hybridized carbons (Fsp3) is 0.308. The molecule has 3 rings (SSSR count). The van der Waals surface area contributed by atoms with Crippen LogP contribution in [0.3, 0.4) is 0 Å². The normalized spacial score (nSPS) is 14.1. The van der Waals surface area contributed by atoms with E-state index in [9.17, 15) is 19.2 Å². The SMILES string of the molecule is O=C(OCc1ccccc1)C(C[C@@H](C/C=C\Cl)C(=O)N1CCOC1=O)C(=O)OCc1ccccc1. The maximum absolute atomic E-state index is 13.0.